The third-order valence-corrected chi connectivity index (χ3v) is 12.1. The monoisotopic (exact) mass is 809 g/mol. The number of nitrogens with zero attached hydrogens (tertiary/aromatic N) is 2. The predicted molar refractivity (Wildman–Crippen MR) is 217 cm³/mol. The number of hydrogen-bond donors (Lipinski definition) is 6. The van der Waals surface area contributed by atoms with Gasteiger partial charge >= 0.3 is 11.8 Å². The number of likely N-dealkylation sites (N-methyl/N-ethyl adjacent to an activating group) is 1. The first-order valence-corrected chi connectivity index (χ1v) is 19.7. The van der Waals surface area contributed by atoms with E-state index in [1.165, 1.54) is 46.3 Å². The summed E-state index contributed by atoms with van der Waals surface area (Å²) in [6.07, 6.45) is 3.73. The number of benzene rings is 2. The van der Waals surface area contributed by atoms with E-state index in [1.54, 1.807) is 46.8 Å². The van der Waals surface area contributed by atoms with Gasteiger partial charge in [-0.3, -0.25) is 19.3 Å². The number of carbonyl (C=O) groups excluding carboxylic acids is 3. The lowest BCUT2D eigenvalue weighted by atomic mass is 9.78. The van der Waals surface area contributed by atoms with Crippen LogP contribution in [0.4, 0.5) is 5.69 Å². The maximum absolute atomic E-state index is 14.4. The number of aliphatic hydroxyl groups is 2. The Labute approximate surface area is 339 Å². The van der Waals surface area contributed by atoms with Crippen LogP contribution in [0.1, 0.15) is 70.0 Å². The van der Waals surface area contributed by atoms with Gasteiger partial charge in [-0.1, -0.05) is 45.9 Å². The summed E-state index contributed by atoms with van der Waals surface area (Å²) in [7, 11) is 3.44. The van der Waals surface area contributed by atoms with E-state index in [2.05, 4.69) is 10.2 Å². The molecule has 4 heterocycles. The van der Waals surface area contributed by atoms with Crippen LogP contribution in [-0.4, -0.2) is 124 Å². The number of hydrogen-bond acceptors (Lipinski definition) is 14. The van der Waals surface area contributed by atoms with E-state index >= 15 is 0 Å². The zero-order valence-electron chi connectivity index (χ0n) is 35.0. The largest absolute Gasteiger partial charge is 0.507 e. The highest BCUT2D eigenvalue weighted by atomic mass is 16.7. The Kier molecular flexibility index (Phi) is 13.5. The van der Waals surface area contributed by atoms with Crippen LogP contribution in [-0.2, 0) is 30.3 Å². The number of fused-ring (bicyclic) bond motifs is 14. The molecule has 318 valence electrons. The molecule has 2 aromatic carbocycles. The predicted octanol–water partition coefficient (Wildman–Crippen LogP) is 4.50. The molecule has 2 aromatic rings. The fraction of sp³-hybridized carbons (Fsp3) is 0.558. The molecular formula is C43H59N3O12. The lowest BCUT2D eigenvalue weighted by Crippen LogP contribution is -2.46. The van der Waals surface area contributed by atoms with Gasteiger partial charge in [-0.25, -0.2) is 0 Å². The molecule has 5 bridgehead atoms. The number of phenolic OH excluding ortho intramolecular Hbond substituents is 3. The molecular weight excluding hydrogens is 750 g/mol. The Balaban J connectivity index is 1.70. The molecule has 6 rings (SSSR count). The standard InChI is InChI=1S/C43H59N3O12/c1-21-12-11-13-22(2)42(54)44-33-28(20-46-17-15-45(9)16-18-46)37(51)30-31(38(33)52)36(50)26(6)40-32(30)41(53)43(8,58-40)56-19-14-29(55-10)23(3)39(57-27(7)47)25(5)35(49)24(4)34(21)48/h11-14,19,21,23-25,29,34-35,39,48-52H,15-18,20H2,1-10H3,(H,44,54)/b12-11+,19-14+,22-13-/t21-,23+,24?,25?,29-,34-,35+,39+,43-/m0/s1. The Bertz CT molecular complexity index is 2000. The molecule has 9 atom stereocenters. The van der Waals surface area contributed by atoms with Gasteiger partial charge in [0.25, 0.3) is 11.7 Å². The van der Waals surface area contributed by atoms with Gasteiger partial charge in [0.1, 0.15) is 23.4 Å². The van der Waals surface area contributed by atoms with Crippen molar-refractivity contribution in [2.45, 2.75) is 92.1 Å². The van der Waals surface area contributed by atoms with Crippen molar-refractivity contribution in [1.82, 2.24) is 9.80 Å². The zero-order valence-corrected chi connectivity index (χ0v) is 35.0. The third kappa shape index (κ3) is 8.55. The number of anilines is 1. The van der Waals surface area contributed by atoms with Crippen molar-refractivity contribution in [2.24, 2.45) is 23.7 Å². The Hall–Kier alpha value is -4.67. The molecule has 0 aromatic heterocycles. The van der Waals surface area contributed by atoms with Crippen molar-refractivity contribution in [2.75, 3.05) is 45.7 Å². The molecule has 6 N–H and O–H groups in total. The maximum atomic E-state index is 14.4. The Morgan fingerprint density at radius 1 is 0.931 bits per heavy atom. The molecule has 4 aliphatic heterocycles. The number of ether oxygens (including phenoxy) is 4. The number of phenols is 3. The highest BCUT2D eigenvalue weighted by Crippen LogP contribution is 2.55. The first kappa shape index (κ1) is 44.4. The molecule has 1 saturated heterocycles. The summed E-state index contributed by atoms with van der Waals surface area (Å²) >= 11 is 0. The van der Waals surface area contributed by atoms with Crippen molar-refractivity contribution < 1.29 is 58.9 Å². The number of piperazine rings is 1. The second-order valence-corrected chi connectivity index (χ2v) is 16.3. The highest BCUT2D eigenvalue weighted by Gasteiger charge is 2.50. The van der Waals surface area contributed by atoms with Gasteiger partial charge in [-0.2, -0.15) is 0 Å². The number of amides is 1. The number of carbonyl (C=O) groups is 3. The number of Topliss-reactive ketones (excluding diaryl/α,β-unsaturated/α-hetero) is 1. The average molecular weight is 810 g/mol. The second-order valence-electron chi connectivity index (χ2n) is 16.3. The van der Waals surface area contributed by atoms with Crippen LogP contribution in [0.5, 0.6) is 23.0 Å². The average Bonchev–Trinajstić information content (AvgIpc) is 3.45. The lowest BCUT2D eigenvalue weighted by molar-refractivity contribution is -0.160. The number of ketones is 1. The van der Waals surface area contributed by atoms with Gasteiger partial charge in [-0.05, 0) is 27.0 Å². The van der Waals surface area contributed by atoms with E-state index in [-0.39, 0.29) is 51.0 Å². The van der Waals surface area contributed by atoms with E-state index < -0.39 is 88.8 Å². The molecule has 58 heavy (non-hydrogen) atoms. The molecule has 15 heteroatoms. The van der Waals surface area contributed by atoms with Gasteiger partial charge < -0.3 is 54.7 Å². The molecule has 0 radical (unpaired) electrons. The van der Waals surface area contributed by atoms with Crippen molar-refractivity contribution in [1.29, 1.82) is 0 Å². The van der Waals surface area contributed by atoms with Crippen molar-refractivity contribution in [3.8, 4) is 23.0 Å². The highest BCUT2D eigenvalue weighted by molar-refractivity contribution is 6.22. The topological polar surface area (TPSA) is 208 Å². The molecule has 2 unspecified atom stereocenters. The minimum absolute atomic E-state index is 0.0565. The fourth-order valence-electron chi connectivity index (χ4n) is 8.17. The molecule has 4 aliphatic rings. The van der Waals surface area contributed by atoms with E-state index in [0.29, 0.717) is 13.1 Å². The molecule has 0 aliphatic carbocycles. The van der Waals surface area contributed by atoms with Crippen LogP contribution in [0.2, 0.25) is 0 Å². The van der Waals surface area contributed by atoms with Crippen LogP contribution in [0.25, 0.3) is 10.8 Å². The second kappa shape index (κ2) is 17.7. The summed E-state index contributed by atoms with van der Waals surface area (Å²) in [6, 6.07) is 0. The number of rotatable bonds is 4. The van der Waals surface area contributed by atoms with Gasteiger partial charge in [0, 0.05) is 99.4 Å². The summed E-state index contributed by atoms with van der Waals surface area (Å²) in [4.78, 5) is 44.7. The Morgan fingerprint density at radius 2 is 1.59 bits per heavy atom. The van der Waals surface area contributed by atoms with Gasteiger partial charge in [0.15, 0.2) is 5.75 Å². The minimum atomic E-state index is -2.01. The van der Waals surface area contributed by atoms with Crippen LogP contribution in [0, 0.1) is 30.6 Å². The van der Waals surface area contributed by atoms with Gasteiger partial charge in [0.05, 0.1) is 41.2 Å². The van der Waals surface area contributed by atoms with E-state index in [9.17, 15) is 39.9 Å². The summed E-state index contributed by atoms with van der Waals surface area (Å²) in [5, 5.41) is 60.9. The summed E-state index contributed by atoms with van der Waals surface area (Å²) < 4.78 is 23.7. The molecule has 15 nitrogen and oxygen atoms in total. The number of esters is 1. The number of aromatic hydroxyl groups is 3. The van der Waals surface area contributed by atoms with Gasteiger partial charge in [0.2, 0.25) is 0 Å². The normalized spacial score (nSPS) is 32.6. The van der Waals surface area contributed by atoms with E-state index in [1.807, 2.05) is 11.9 Å². The van der Waals surface area contributed by atoms with Crippen molar-refractivity contribution >= 4 is 34.1 Å². The van der Waals surface area contributed by atoms with Crippen LogP contribution < -0.4 is 10.1 Å². The van der Waals surface area contributed by atoms with Crippen LogP contribution >= 0.6 is 0 Å². The quantitative estimate of drug-likeness (QED) is 0.143. The third-order valence-electron chi connectivity index (χ3n) is 12.1. The van der Waals surface area contributed by atoms with E-state index in [4.69, 9.17) is 18.9 Å². The number of allylic oxidation sites excluding steroid dienone is 2. The van der Waals surface area contributed by atoms with Gasteiger partial charge in [-0.15, -0.1) is 0 Å². The maximum Gasteiger partial charge on any atom is 0.312 e. The molecule has 1 amide bonds. The summed E-state index contributed by atoms with van der Waals surface area (Å²) in [6.45, 7) is 15.4. The molecule has 0 spiro atoms. The number of nitrogens with one attached hydrogen (secondary N) is 1. The Morgan fingerprint density at radius 3 is 2.21 bits per heavy atom. The number of methoxy groups -OCH3 is 1. The SMILES string of the molecule is CO[C@H]1/C=C/O[C@@]2(C)Oc3c(C)c(O)c4c(O)c(c(CN5CCN(C)CC5)c(O)c4c3C2=O)NC(=O)/C(C)=C\C=C\[C@H](C)[C@H](O)C(C)[C@@H](O)C(C)[C@H](OC(C)=O)[C@@H]1C. The first-order valence-electron chi connectivity index (χ1n) is 19.7. The fourth-order valence-corrected chi connectivity index (χ4v) is 8.17. The smallest absolute Gasteiger partial charge is 0.312 e. The first-order chi connectivity index (χ1) is 27.2. The molecule has 1 fully saturated rings. The van der Waals surface area contributed by atoms with Crippen molar-refractivity contribution in [3.63, 3.8) is 0 Å². The molecule has 0 saturated carbocycles. The lowest BCUT2D eigenvalue weighted by Gasteiger charge is -2.38. The van der Waals surface area contributed by atoms with Crippen LogP contribution in [0.3, 0.4) is 0 Å². The van der Waals surface area contributed by atoms with E-state index in [0.717, 1.165) is 13.1 Å². The van der Waals surface area contributed by atoms with Crippen LogP contribution in [0.15, 0.2) is 36.1 Å². The summed E-state index contributed by atoms with van der Waals surface area (Å²) in [5.74, 6) is -7.86. The summed E-state index contributed by atoms with van der Waals surface area (Å²) in [5.41, 5.74) is 0.176. The number of aliphatic hydroxyl groups excluding tert-OH is 2. The minimum Gasteiger partial charge on any atom is -0.507 e. The zero-order chi connectivity index (χ0) is 43.0. The van der Waals surface area contributed by atoms with Crippen molar-refractivity contribution in [3.05, 3.63) is 52.8 Å².